The maximum absolute atomic E-state index is 13.5. The molecule has 1 atom stereocenters. The molecule has 4 rings (SSSR count). The van der Waals surface area contributed by atoms with Crippen molar-refractivity contribution in [3.05, 3.63) is 24.1 Å². The first-order valence-electron chi connectivity index (χ1n) is 9.69. The molecule has 1 amide bonds. The lowest BCUT2D eigenvalue weighted by Crippen LogP contribution is -2.50. The third-order valence-corrected chi connectivity index (χ3v) is 6.47. The maximum Gasteiger partial charge on any atom is 0.230 e. The highest BCUT2D eigenvalue weighted by Crippen LogP contribution is 2.43. The molecular formula is C20H25FN4O. The molecule has 1 saturated carbocycles. The SMILES string of the molecule is N#CC1CCC(N2CCC3(CCCN(c4cccc(F)n4)C3)C2=O)CC1. The van der Waals surface area contributed by atoms with E-state index in [0.717, 1.165) is 58.0 Å². The van der Waals surface area contributed by atoms with Crippen molar-refractivity contribution in [3.8, 4) is 6.07 Å². The molecular weight excluding hydrogens is 331 g/mol. The zero-order valence-corrected chi connectivity index (χ0v) is 15.0. The number of amides is 1. The minimum absolute atomic E-state index is 0.155. The third kappa shape index (κ3) is 3.04. The molecule has 0 radical (unpaired) electrons. The number of piperidine rings is 1. The summed E-state index contributed by atoms with van der Waals surface area (Å²) in [7, 11) is 0. The fourth-order valence-corrected chi connectivity index (χ4v) is 4.99. The number of anilines is 1. The summed E-state index contributed by atoms with van der Waals surface area (Å²) in [4.78, 5) is 21.5. The van der Waals surface area contributed by atoms with Gasteiger partial charge in [0.2, 0.25) is 11.9 Å². The first-order chi connectivity index (χ1) is 12.6. The first kappa shape index (κ1) is 17.3. The van der Waals surface area contributed by atoms with E-state index in [-0.39, 0.29) is 23.3 Å². The van der Waals surface area contributed by atoms with Gasteiger partial charge in [0.15, 0.2) is 0 Å². The summed E-state index contributed by atoms with van der Waals surface area (Å²) in [5.74, 6) is 0.571. The minimum atomic E-state index is -0.476. The standard InChI is InChI=1S/C20H25FN4O/c21-17-3-1-4-18(23-17)24-11-2-9-20(14-24)10-12-25(19(20)26)16-7-5-15(13-22)6-8-16/h1,3-4,15-16H,2,5-12,14H2. The number of rotatable bonds is 2. The fourth-order valence-electron chi connectivity index (χ4n) is 4.99. The van der Waals surface area contributed by atoms with Crippen LogP contribution in [0.5, 0.6) is 0 Å². The zero-order valence-electron chi connectivity index (χ0n) is 15.0. The second kappa shape index (κ2) is 6.86. The summed E-state index contributed by atoms with van der Waals surface area (Å²) in [6, 6.07) is 7.50. The summed E-state index contributed by atoms with van der Waals surface area (Å²) in [6.07, 6.45) is 6.38. The number of halogens is 1. The smallest absolute Gasteiger partial charge is 0.230 e. The second-order valence-corrected chi connectivity index (χ2v) is 8.01. The highest BCUT2D eigenvalue weighted by molar-refractivity contribution is 5.86. The highest BCUT2D eigenvalue weighted by atomic mass is 19.1. The van der Waals surface area contributed by atoms with Gasteiger partial charge in [0, 0.05) is 31.6 Å². The molecule has 5 nitrogen and oxygen atoms in total. The van der Waals surface area contributed by atoms with Gasteiger partial charge in [-0.25, -0.2) is 4.98 Å². The molecule has 1 aliphatic carbocycles. The number of hydrogen-bond acceptors (Lipinski definition) is 4. The average molecular weight is 356 g/mol. The Bertz CT molecular complexity index is 725. The van der Waals surface area contributed by atoms with E-state index in [1.807, 2.05) is 6.07 Å². The zero-order chi connectivity index (χ0) is 18.1. The van der Waals surface area contributed by atoms with E-state index in [0.29, 0.717) is 12.4 Å². The molecule has 1 spiro atoms. The molecule has 26 heavy (non-hydrogen) atoms. The van der Waals surface area contributed by atoms with Gasteiger partial charge in [0.25, 0.3) is 0 Å². The van der Waals surface area contributed by atoms with Gasteiger partial charge in [-0.3, -0.25) is 4.79 Å². The molecule has 3 aliphatic rings. The molecule has 138 valence electrons. The Morgan fingerprint density at radius 3 is 2.73 bits per heavy atom. The third-order valence-electron chi connectivity index (χ3n) is 6.47. The number of likely N-dealkylation sites (tertiary alicyclic amines) is 1. The largest absolute Gasteiger partial charge is 0.355 e. The van der Waals surface area contributed by atoms with E-state index < -0.39 is 5.95 Å². The summed E-state index contributed by atoms with van der Waals surface area (Å²) >= 11 is 0. The Hall–Kier alpha value is -2.16. The lowest BCUT2D eigenvalue weighted by molar-refractivity contribution is -0.139. The topological polar surface area (TPSA) is 60.2 Å². The highest BCUT2D eigenvalue weighted by Gasteiger charge is 2.50. The average Bonchev–Trinajstić information content (AvgIpc) is 2.98. The molecule has 1 unspecified atom stereocenters. The molecule has 0 N–H and O–H groups in total. The quantitative estimate of drug-likeness (QED) is 0.764. The molecule has 3 fully saturated rings. The Kier molecular flexibility index (Phi) is 4.56. The van der Waals surface area contributed by atoms with Crippen LogP contribution in [0.3, 0.4) is 0 Å². The number of carbonyl (C=O) groups is 1. The van der Waals surface area contributed by atoms with Crippen molar-refractivity contribution < 1.29 is 9.18 Å². The van der Waals surface area contributed by atoms with Crippen LogP contribution in [0.15, 0.2) is 18.2 Å². The van der Waals surface area contributed by atoms with Gasteiger partial charge >= 0.3 is 0 Å². The van der Waals surface area contributed by atoms with Crippen LogP contribution in [-0.4, -0.2) is 41.5 Å². The molecule has 3 heterocycles. The van der Waals surface area contributed by atoms with E-state index in [1.54, 1.807) is 6.07 Å². The molecule has 6 heteroatoms. The maximum atomic E-state index is 13.5. The van der Waals surface area contributed by atoms with Crippen molar-refractivity contribution in [2.24, 2.45) is 11.3 Å². The van der Waals surface area contributed by atoms with Crippen LogP contribution < -0.4 is 4.90 Å². The van der Waals surface area contributed by atoms with Crippen LogP contribution in [0, 0.1) is 28.6 Å². The van der Waals surface area contributed by atoms with Gasteiger partial charge in [-0.1, -0.05) is 6.07 Å². The van der Waals surface area contributed by atoms with Crippen molar-refractivity contribution >= 4 is 11.7 Å². The number of nitriles is 1. The second-order valence-electron chi connectivity index (χ2n) is 8.01. The van der Waals surface area contributed by atoms with Crippen LogP contribution in [0.2, 0.25) is 0 Å². The number of aromatic nitrogens is 1. The molecule has 1 aromatic rings. The van der Waals surface area contributed by atoms with Crippen LogP contribution >= 0.6 is 0 Å². The normalized spacial score (nSPS) is 32.1. The predicted octanol–water partition coefficient (Wildman–Crippen LogP) is 3.12. The number of hydrogen-bond donors (Lipinski definition) is 0. The van der Waals surface area contributed by atoms with E-state index >= 15 is 0 Å². The van der Waals surface area contributed by atoms with Crippen molar-refractivity contribution in [1.82, 2.24) is 9.88 Å². The Morgan fingerprint density at radius 2 is 2.00 bits per heavy atom. The van der Waals surface area contributed by atoms with Gasteiger partial charge in [-0.2, -0.15) is 9.65 Å². The van der Waals surface area contributed by atoms with Gasteiger partial charge in [-0.15, -0.1) is 0 Å². The Balaban J connectivity index is 1.47. The van der Waals surface area contributed by atoms with Crippen LogP contribution in [0.1, 0.15) is 44.9 Å². The van der Waals surface area contributed by atoms with Crippen LogP contribution in [0.4, 0.5) is 10.2 Å². The van der Waals surface area contributed by atoms with Crippen molar-refractivity contribution in [1.29, 1.82) is 5.26 Å². The van der Waals surface area contributed by atoms with Crippen LogP contribution in [-0.2, 0) is 4.79 Å². The summed E-state index contributed by atoms with van der Waals surface area (Å²) < 4.78 is 13.5. The van der Waals surface area contributed by atoms with E-state index in [1.165, 1.54) is 6.07 Å². The summed E-state index contributed by atoms with van der Waals surface area (Å²) in [5.41, 5.74) is -0.349. The van der Waals surface area contributed by atoms with Crippen molar-refractivity contribution in [2.45, 2.75) is 51.0 Å². The Morgan fingerprint density at radius 1 is 1.19 bits per heavy atom. The van der Waals surface area contributed by atoms with E-state index in [4.69, 9.17) is 5.26 Å². The van der Waals surface area contributed by atoms with E-state index in [9.17, 15) is 9.18 Å². The Labute approximate surface area is 153 Å². The summed E-state index contributed by atoms with van der Waals surface area (Å²) in [6.45, 7) is 2.26. The van der Waals surface area contributed by atoms with Crippen LogP contribution in [0.25, 0.3) is 0 Å². The first-order valence-corrected chi connectivity index (χ1v) is 9.69. The minimum Gasteiger partial charge on any atom is -0.355 e. The molecule has 0 aromatic carbocycles. The number of nitrogens with zero attached hydrogens (tertiary/aromatic N) is 4. The molecule has 1 aromatic heterocycles. The van der Waals surface area contributed by atoms with Crippen molar-refractivity contribution in [3.63, 3.8) is 0 Å². The molecule has 2 aliphatic heterocycles. The monoisotopic (exact) mass is 356 g/mol. The number of carbonyl (C=O) groups excluding carboxylic acids is 1. The van der Waals surface area contributed by atoms with Gasteiger partial charge in [0.1, 0.15) is 5.82 Å². The van der Waals surface area contributed by atoms with Gasteiger partial charge in [-0.05, 0) is 57.1 Å². The summed E-state index contributed by atoms with van der Waals surface area (Å²) in [5, 5.41) is 9.08. The predicted molar refractivity (Wildman–Crippen MR) is 95.8 cm³/mol. The number of pyridine rings is 1. The van der Waals surface area contributed by atoms with Crippen molar-refractivity contribution in [2.75, 3.05) is 24.5 Å². The van der Waals surface area contributed by atoms with E-state index in [2.05, 4.69) is 20.9 Å². The van der Waals surface area contributed by atoms with Gasteiger partial charge < -0.3 is 9.80 Å². The molecule has 0 bridgehead atoms. The van der Waals surface area contributed by atoms with Gasteiger partial charge in [0.05, 0.1) is 11.5 Å². The lowest BCUT2D eigenvalue weighted by Gasteiger charge is -2.40. The molecule has 2 saturated heterocycles. The lowest BCUT2D eigenvalue weighted by atomic mass is 9.78. The fraction of sp³-hybridized carbons (Fsp3) is 0.650.